The van der Waals surface area contributed by atoms with Gasteiger partial charge in [0, 0.05) is 25.7 Å². The van der Waals surface area contributed by atoms with Crippen LogP contribution in [0.3, 0.4) is 0 Å². The molecule has 1 aromatic rings. The molecule has 0 aliphatic carbocycles. The lowest BCUT2D eigenvalue weighted by molar-refractivity contribution is 0.548. The van der Waals surface area contributed by atoms with E-state index in [9.17, 15) is 0 Å². The lowest BCUT2D eigenvalue weighted by Gasteiger charge is -2.27. The lowest BCUT2D eigenvalue weighted by Crippen LogP contribution is -2.32. The molecule has 0 saturated carbocycles. The average Bonchev–Trinajstić information content (AvgIpc) is 2.28. The van der Waals surface area contributed by atoms with Crippen molar-refractivity contribution in [3.8, 4) is 0 Å². The van der Waals surface area contributed by atoms with Gasteiger partial charge in [0.2, 0.25) is 0 Å². The fraction of sp³-hybridized carbons (Fsp3) is 0.714. The summed E-state index contributed by atoms with van der Waals surface area (Å²) in [6.45, 7) is 14.0. The van der Waals surface area contributed by atoms with Crippen LogP contribution in [0.4, 0.5) is 11.6 Å². The summed E-state index contributed by atoms with van der Waals surface area (Å²) in [6, 6.07) is 2.04. The molecule has 0 unspecified atom stereocenters. The first kappa shape index (κ1) is 14.7. The molecule has 1 N–H and O–H groups in total. The van der Waals surface area contributed by atoms with E-state index in [1.54, 1.807) is 6.33 Å². The van der Waals surface area contributed by atoms with Gasteiger partial charge >= 0.3 is 0 Å². The van der Waals surface area contributed by atoms with Crippen molar-refractivity contribution in [2.45, 2.75) is 34.6 Å². The number of nitrogens with one attached hydrogen (secondary N) is 1. The van der Waals surface area contributed by atoms with Crippen LogP contribution in [0.25, 0.3) is 0 Å². The molecule has 1 rings (SSSR count). The first-order valence-corrected chi connectivity index (χ1v) is 6.83. The van der Waals surface area contributed by atoms with Crippen molar-refractivity contribution in [3.05, 3.63) is 12.4 Å². The molecule has 0 saturated heterocycles. The summed E-state index contributed by atoms with van der Waals surface area (Å²) < 4.78 is 0. The molecule has 0 aliphatic heterocycles. The maximum atomic E-state index is 4.40. The largest absolute Gasteiger partial charge is 0.370 e. The van der Waals surface area contributed by atoms with E-state index in [0.29, 0.717) is 11.8 Å². The fourth-order valence-electron chi connectivity index (χ4n) is 1.94. The first-order valence-electron chi connectivity index (χ1n) is 6.83. The highest BCUT2D eigenvalue weighted by Gasteiger charge is 2.12. The molecule has 4 heteroatoms. The van der Waals surface area contributed by atoms with Crippen LogP contribution in [0, 0.1) is 11.8 Å². The predicted molar refractivity (Wildman–Crippen MR) is 78.1 cm³/mol. The van der Waals surface area contributed by atoms with Crippen molar-refractivity contribution in [2.75, 3.05) is 29.9 Å². The van der Waals surface area contributed by atoms with Gasteiger partial charge < -0.3 is 10.2 Å². The molecular formula is C14H26N4. The number of rotatable bonds is 7. The summed E-state index contributed by atoms with van der Waals surface area (Å²) in [5, 5.41) is 3.23. The number of aromatic nitrogens is 2. The molecule has 0 atom stereocenters. The summed E-state index contributed by atoms with van der Waals surface area (Å²) in [5.74, 6) is 3.17. The molecular weight excluding hydrogens is 224 g/mol. The molecule has 0 radical (unpaired) electrons. The van der Waals surface area contributed by atoms with Gasteiger partial charge in [0.1, 0.15) is 18.0 Å². The molecule has 1 aromatic heterocycles. The summed E-state index contributed by atoms with van der Waals surface area (Å²) >= 11 is 0. The third kappa shape index (κ3) is 4.90. The SMILES string of the molecule is CCNc1cc(N(CC(C)C)CC(C)C)ncn1. The molecule has 1 heterocycles. The molecule has 0 fully saturated rings. The second-order valence-corrected chi connectivity index (χ2v) is 5.48. The summed E-state index contributed by atoms with van der Waals surface area (Å²) in [5.41, 5.74) is 0. The van der Waals surface area contributed by atoms with E-state index >= 15 is 0 Å². The Bertz CT molecular complexity index is 339. The van der Waals surface area contributed by atoms with Crippen LogP contribution in [0.1, 0.15) is 34.6 Å². The van der Waals surface area contributed by atoms with Crippen LogP contribution in [0.2, 0.25) is 0 Å². The second-order valence-electron chi connectivity index (χ2n) is 5.48. The summed E-state index contributed by atoms with van der Waals surface area (Å²) in [6.07, 6.45) is 1.64. The smallest absolute Gasteiger partial charge is 0.134 e. The van der Waals surface area contributed by atoms with Gasteiger partial charge in [0.15, 0.2) is 0 Å². The highest BCUT2D eigenvalue weighted by molar-refractivity contribution is 5.48. The van der Waals surface area contributed by atoms with Gasteiger partial charge in [0.25, 0.3) is 0 Å². The zero-order valence-electron chi connectivity index (χ0n) is 12.3. The van der Waals surface area contributed by atoms with E-state index < -0.39 is 0 Å². The van der Waals surface area contributed by atoms with Crippen LogP contribution in [-0.2, 0) is 0 Å². The Labute approximate surface area is 111 Å². The van der Waals surface area contributed by atoms with Gasteiger partial charge in [-0.15, -0.1) is 0 Å². The van der Waals surface area contributed by atoms with Crippen LogP contribution in [0.15, 0.2) is 12.4 Å². The van der Waals surface area contributed by atoms with Crippen molar-refractivity contribution in [2.24, 2.45) is 11.8 Å². The molecule has 18 heavy (non-hydrogen) atoms. The standard InChI is InChI=1S/C14H26N4/c1-6-15-13-7-14(17-10-16-13)18(8-11(2)3)9-12(4)5/h7,10-12H,6,8-9H2,1-5H3,(H,15,16,17). The minimum absolute atomic E-state index is 0.626. The number of anilines is 2. The Morgan fingerprint density at radius 3 is 2.22 bits per heavy atom. The van der Waals surface area contributed by atoms with E-state index in [-0.39, 0.29) is 0 Å². The third-order valence-corrected chi connectivity index (χ3v) is 2.51. The van der Waals surface area contributed by atoms with Gasteiger partial charge in [-0.3, -0.25) is 0 Å². The van der Waals surface area contributed by atoms with E-state index in [4.69, 9.17) is 0 Å². The second kappa shape index (κ2) is 7.19. The van der Waals surface area contributed by atoms with Crippen LogP contribution in [0.5, 0.6) is 0 Å². The minimum atomic E-state index is 0.626. The zero-order chi connectivity index (χ0) is 13.5. The Kier molecular flexibility index (Phi) is 5.89. The molecule has 0 amide bonds. The quantitative estimate of drug-likeness (QED) is 0.807. The lowest BCUT2D eigenvalue weighted by atomic mass is 10.1. The molecule has 0 bridgehead atoms. The van der Waals surface area contributed by atoms with Gasteiger partial charge in [-0.05, 0) is 18.8 Å². The highest BCUT2D eigenvalue weighted by Crippen LogP contribution is 2.17. The topological polar surface area (TPSA) is 41.0 Å². The Hall–Kier alpha value is -1.32. The monoisotopic (exact) mass is 250 g/mol. The van der Waals surface area contributed by atoms with Crippen molar-refractivity contribution in [3.63, 3.8) is 0 Å². The van der Waals surface area contributed by atoms with Gasteiger partial charge in [-0.25, -0.2) is 9.97 Å². The van der Waals surface area contributed by atoms with Crippen molar-refractivity contribution >= 4 is 11.6 Å². The van der Waals surface area contributed by atoms with Crippen molar-refractivity contribution in [1.82, 2.24) is 9.97 Å². The van der Waals surface area contributed by atoms with Gasteiger partial charge in [-0.2, -0.15) is 0 Å². The Balaban J connectivity index is 2.85. The van der Waals surface area contributed by atoms with Gasteiger partial charge in [0.05, 0.1) is 0 Å². The van der Waals surface area contributed by atoms with Crippen LogP contribution in [-0.4, -0.2) is 29.6 Å². The summed E-state index contributed by atoms with van der Waals surface area (Å²) in [7, 11) is 0. The predicted octanol–water partition coefficient (Wildman–Crippen LogP) is 3.03. The third-order valence-electron chi connectivity index (χ3n) is 2.51. The maximum Gasteiger partial charge on any atom is 0.134 e. The Morgan fingerprint density at radius 1 is 1.11 bits per heavy atom. The van der Waals surface area contributed by atoms with E-state index in [0.717, 1.165) is 31.3 Å². The number of hydrogen-bond donors (Lipinski definition) is 1. The molecule has 0 aromatic carbocycles. The first-order chi connectivity index (χ1) is 8.52. The van der Waals surface area contributed by atoms with Crippen LogP contribution >= 0.6 is 0 Å². The molecule has 4 nitrogen and oxygen atoms in total. The molecule has 0 aliphatic rings. The zero-order valence-corrected chi connectivity index (χ0v) is 12.3. The van der Waals surface area contributed by atoms with E-state index in [1.807, 2.05) is 6.07 Å². The van der Waals surface area contributed by atoms with Crippen molar-refractivity contribution in [1.29, 1.82) is 0 Å². The Morgan fingerprint density at radius 2 is 1.72 bits per heavy atom. The average molecular weight is 250 g/mol. The van der Waals surface area contributed by atoms with E-state index in [1.165, 1.54) is 0 Å². The van der Waals surface area contributed by atoms with Gasteiger partial charge in [-0.1, -0.05) is 27.7 Å². The summed E-state index contributed by atoms with van der Waals surface area (Å²) in [4.78, 5) is 11.0. The van der Waals surface area contributed by atoms with Crippen molar-refractivity contribution < 1.29 is 0 Å². The molecule has 0 spiro atoms. The maximum absolute atomic E-state index is 4.40. The minimum Gasteiger partial charge on any atom is -0.370 e. The van der Waals surface area contributed by atoms with Crippen LogP contribution < -0.4 is 10.2 Å². The van der Waals surface area contributed by atoms with E-state index in [2.05, 4.69) is 54.8 Å². The highest BCUT2D eigenvalue weighted by atomic mass is 15.2. The molecule has 102 valence electrons. The normalized spacial score (nSPS) is 11.1. The number of hydrogen-bond acceptors (Lipinski definition) is 4. The fourth-order valence-corrected chi connectivity index (χ4v) is 1.94. The number of nitrogens with zero attached hydrogens (tertiary/aromatic N) is 3.